The second-order valence-corrected chi connectivity index (χ2v) is 7.10. The molecule has 0 saturated heterocycles. The molecule has 0 aliphatic heterocycles. The van der Waals surface area contributed by atoms with Crippen molar-refractivity contribution in [1.82, 2.24) is 0 Å². The average molecular weight is 414 g/mol. The molecular weight excluding hydrogens is 392 g/mol. The zero-order chi connectivity index (χ0) is 22.8. The zero-order valence-electron chi connectivity index (χ0n) is 16.9. The van der Waals surface area contributed by atoms with Gasteiger partial charge in [0.15, 0.2) is 0 Å². The third kappa shape index (κ3) is 4.08. The second kappa shape index (κ2) is 8.46. The highest BCUT2D eigenvalue weighted by Crippen LogP contribution is 2.27. The predicted octanol–water partition coefficient (Wildman–Crippen LogP) is 2.23. The number of aryl methyl sites for hydroxylation is 4. The Morgan fingerprint density at radius 3 is 1.70 bits per heavy atom. The standard InChI is InChI=1S/C22H22O8/c1-11-5-7-15(9-13(11)3)17(23)22(21(28)29,18(24)19(25)26)30-20(27)16-8-6-12(2)14(4)10-16/h5-10,18,24H,1-4H3,(H,25,26)(H,28,29). The van der Waals surface area contributed by atoms with E-state index in [-0.39, 0.29) is 11.1 Å². The fourth-order valence-corrected chi connectivity index (χ4v) is 2.83. The molecule has 0 aliphatic carbocycles. The Morgan fingerprint density at radius 2 is 1.27 bits per heavy atom. The van der Waals surface area contributed by atoms with Crippen molar-refractivity contribution < 1.29 is 39.2 Å². The Bertz CT molecular complexity index is 1040. The maximum absolute atomic E-state index is 13.1. The van der Waals surface area contributed by atoms with Gasteiger partial charge in [0.05, 0.1) is 5.56 Å². The topological polar surface area (TPSA) is 138 Å². The van der Waals surface area contributed by atoms with E-state index in [1.54, 1.807) is 33.8 Å². The van der Waals surface area contributed by atoms with Crippen molar-refractivity contribution in [3.8, 4) is 0 Å². The van der Waals surface area contributed by atoms with Gasteiger partial charge in [-0.3, -0.25) is 4.79 Å². The molecule has 0 saturated carbocycles. The molecule has 2 aromatic rings. The van der Waals surface area contributed by atoms with Gasteiger partial charge in [0.25, 0.3) is 0 Å². The number of hydrogen-bond acceptors (Lipinski definition) is 6. The highest BCUT2D eigenvalue weighted by molar-refractivity contribution is 6.19. The van der Waals surface area contributed by atoms with Crippen molar-refractivity contribution >= 4 is 23.7 Å². The third-order valence-electron chi connectivity index (χ3n) is 5.04. The normalized spacial score (nSPS) is 13.8. The van der Waals surface area contributed by atoms with Gasteiger partial charge in [0, 0.05) is 5.56 Å². The summed E-state index contributed by atoms with van der Waals surface area (Å²) in [5.41, 5.74) is -0.687. The number of carboxylic acids is 2. The summed E-state index contributed by atoms with van der Waals surface area (Å²) >= 11 is 0. The largest absolute Gasteiger partial charge is 0.479 e. The van der Waals surface area contributed by atoms with E-state index < -0.39 is 35.4 Å². The number of ketones is 1. The summed E-state index contributed by atoms with van der Waals surface area (Å²) in [5.74, 6) is -6.73. The van der Waals surface area contributed by atoms with E-state index in [0.29, 0.717) is 11.1 Å². The number of carboxylic acid groups (broad SMARTS) is 2. The first-order chi connectivity index (χ1) is 13.9. The molecule has 0 heterocycles. The number of hydrogen-bond donors (Lipinski definition) is 3. The van der Waals surface area contributed by atoms with E-state index in [9.17, 15) is 34.5 Å². The van der Waals surface area contributed by atoms with Crippen LogP contribution in [0.5, 0.6) is 0 Å². The number of rotatable bonds is 7. The van der Waals surface area contributed by atoms with Crippen LogP contribution in [0.15, 0.2) is 36.4 Å². The van der Waals surface area contributed by atoms with E-state index in [2.05, 4.69) is 0 Å². The van der Waals surface area contributed by atoms with E-state index in [4.69, 9.17) is 4.74 Å². The molecule has 0 amide bonds. The lowest BCUT2D eigenvalue weighted by Crippen LogP contribution is -2.61. The molecule has 0 radical (unpaired) electrons. The molecule has 8 heteroatoms. The Morgan fingerprint density at radius 1 is 0.800 bits per heavy atom. The molecule has 0 fully saturated rings. The van der Waals surface area contributed by atoms with Crippen LogP contribution in [0.1, 0.15) is 43.0 Å². The summed E-state index contributed by atoms with van der Waals surface area (Å²) in [6.45, 7) is 6.94. The van der Waals surface area contributed by atoms with Crippen molar-refractivity contribution in [3.63, 3.8) is 0 Å². The van der Waals surface area contributed by atoms with Crippen LogP contribution in [0.2, 0.25) is 0 Å². The highest BCUT2D eigenvalue weighted by Gasteiger charge is 2.59. The van der Waals surface area contributed by atoms with E-state index in [1.165, 1.54) is 30.3 Å². The lowest BCUT2D eigenvalue weighted by Gasteiger charge is -2.30. The van der Waals surface area contributed by atoms with Gasteiger partial charge in [-0.2, -0.15) is 0 Å². The van der Waals surface area contributed by atoms with Crippen molar-refractivity contribution in [2.75, 3.05) is 0 Å². The Balaban J connectivity index is 2.62. The number of aliphatic hydroxyl groups is 1. The molecule has 2 unspecified atom stereocenters. The van der Waals surface area contributed by atoms with E-state index in [1.807, 2.05) is 0 Å². The van der Waals surface area contributed by atoms with Crippen LogP contribution in [0.4, 0.5) is 0 Å². The number of ether oxygens (including phenoxy) is 1. The van der Waals surface area contributed by atoms with Crippen LogP contribution < -0.4 is 0 Å². The molecule has 30 heavy (non-hydrogen) atoms. The van der Waals surface area contributed by atoms with Gasteiger partial charge >= 0.3 is 23.5 Å². The maximum Gasteiger partial charge on any atom is 0.360 e. The highest BCUT2D eigenvalue weighted by atomic mass is 16.6. The van der Waals surface area contributed by atoms with Gasteiger partial charge in [-0.05, 0) is 68.1 Å². The van der Waals surface area contributed by atoms with Crippen molar-refractivity contribution in [2.24, 2.45) is 0 Å². The minimum atomic E-state index is -3.37. The van der Waals surface area contributed by atoms with E-state index in [0.717, 1.165) is 11.1 Å². The monoisotopic (exact) mass is 414 g/mol. The molecular formula is C22H22O8. The molecule has 0 spiro atoms. The molecule has 2 aromatic carbocycles. The number of carbonyl (C=O) groups excluding carboxylic acids is 2. The van der Waals surface area contributed by atoms with Crippen LogP contribution >= 0.6 is 0 Å². The predicted molar refractivity (Wildman–Crippen MR) is 106 cm³/mol. The number of benzene rings is 2. The van der Waals surface area contributed by atoms with Crippen molar-refractivity contribution in [1.29, 1.82) is 0 Å². The Labute approximate surface area is 172 Å². The Hall–Kier alpha value is -3.52. The number of aliphatic carboxylic acids is 2. The summed E-state index contributed by atoms with van der Waals surface area (Å²) in [6.07, 6.45) is -2.83. The van der Waals surface area contributed by atoms with Crippen molar-refractivity contribution in [3.05, 3.63) is 69.8 Å². The third-order valence-corrected chi connectivity index (χ3v) is 5.04. The fourth-order valence-electron chi connectivity index (χ4n) is 2.83. The molecule has 0 aromatic heterocycles. The number of aliphatic hydroxyl groups excluding tert-OH is 1. The minimum Gasteiger partial charge on any atom is -0.479 e. The molecule has 0 aliphatic rings. The lowest BCUT2D eigenvalue weighted by molar-refractivity contribution is -0.176. The molecule has 2 atom stereocenters. The van der Waals surface area contributed by atoms with Crippen LogP contribution in [0.25, 0.3) is 0 Å². The van der Waals surface area contributed by atoms with Crippen LogP contribution in [-0.2, 0) is 14.3 Å². The smallest absolute Gasteiger partial charge is 0.360 e. The summed E-state index contributed by atoms with van der Waals surface area (Å²) < 4.78 is 4.97. The van der Waals surface area contributed by atoms with Crippen LogP contribution in [0.3, 0.4) is 0 Å². The number of Topliss-reactive ketones (excluding diaryl/α,β-unsaturated/α-hetero) is 1. The first kappa shape index (κ1) is 22.8. The second-order valence-electron chi connectivity index (χ2n) is 7.10. The van der Waals surface area contributed by atoms with E-state index >= 15 is 0 Å². The number of esters is 1. The Kier molecular flexibility index (Phi) is 6.42. The van der Waals surface area contributed by atoms with Crippen LogP contribution in [0, 0.1) is 27.7 Å². The van der Waals surface area contributed by atoms with Gasteiger partial charge in [0.1, 0.15) is 0 Å². The summed E-state index contributed by atoms with van der Waals surface area (Å²) in [4.78, 5) is 49.4. The van der Waals surface area contributed by atoms with Gasteiger partial charge in [-0.1, -0.05) is 18.2 Å². The van der Waals surface area contributed by atoms with Crippen molar-refractivity contribution in [2.45, 2.75) is 39.4 Å². The van der Waals surface area contributed by atoms with Gasteiger partial charge in [-0.25, -0.2) is 14.4 Å². The maximum atomic E-state index is 13.1. The molecule has 2 rings (SSSR count). The summed E-state index contributed by atoms with van der Waals surface area (Å²) in [6, 6.07) is 8.51. The fraction of sp³-hybridized carbons (Fsp3) is 0.273. The van der Waals surface area contributed by atoms with Crippen LogP contribution in [-0.4, -0.2) is 50.7 Å². The number of carbonyl (C=O) groups is 4. The van der Waals surface area contributed by atoms with Gasteiger partial charge in [-0.15, -0.1) is 0 Å². The SMILES string of the molecule is Cc1ccc(C(=O)OC(C(=O)O)(C(=O)c2ccc(C)c(C)c2)C(O)C(=O)O)cc1C. The first-order valence-corrected chi connectivity index (χ1v) is 8.98. The molecule has 0 bridgehead atoms. The van der Waals surface area contributed by atoms with Gasteiger partial charge < -0.3 is 20.1 Å². The zero-order valence-corrected chi connectivity index (χ0v) is 16.9. The average Bonchev–Trinajstić information content (AvgIpc) is 2.68. The molecule has 8 nitrogen and oxygen atoms in total. The first-order valence-electron chi connectivity index (χ1n) is 8.98. The molecule has 158 valence electrons. The summed E-state index contributed by atoms with van der Waals surface area (Å²) in [7, 11) is 0. The quantitative estimate of drug-likeness (QED) is 0.356. The molecule has 3 N–H and O–H groups in total. The van der Waals surface area contributed by atoms with Gasteiger partial charge in [0.2, 0.25) is 11.9 Å². The summed E-state index contributed by atoms with van der Waals surface area (Å²) in [5, 5.41) is 29.2. The minimum absolute atomic E-state index is 0.0887. The lowest BCUT2D eigenvalue weighted by atomic mass is 9.86.